The first-order valence-electron chi connectivity index (χ1n) is 7.40. The van der Waals surface area contributed by atoms with Gasteiger partial charge in [0.15, 0.2) is 0 Å². The molecule has 3 aliphatic heterocycles. The molecular weight excluding hydrogens is 276 g/mol. The van der Waals surface area contributed by atoms with Gasteiger partial charge >= 0.3 is 5.97 Å². The molecule has 0 bridgehead atoms. The van der Waals surface area contributed by atoms with Crippen LogP contribution in [0.2, 0.25) is 0 Å². The van der Waals surface area contributed by atoms with Crippen molar-refractivity contribution in [1.82, 2.24) is 0 Å². The maximum atomic E-state index is 11.9. The average Bonchev–Trinajstić information content (AvgIpc) is 3.21. The molecule has 5 rings (SSSR count). The first-order valence-corrected chi connectivity index (χ1v) is 7.40. The van der Waals surface area contributed by atoms with Crippen LogP contribution in [-0.2, 0) is 19.0 Å². The lowest BCUT2D eigenvalue weighted by molar-refractivity contribution is -0.147. The molecule has 0 aromatic heterocycles. The van der Waals surface area contributed by atoms with Crippen LogP contribution in [0.1, 0.15) is 20.3 Å². The molecule has 0 amide bonds. The summed E-state index contributed by atoms with van der Waals surface area (Å²) in [7, 11) is 0. The van der Waals surface area contributed by atoms with Crippen LogP contribution in [0.5, 0.6) is 0 Å². The molecule has 9 unspecified atom stereocenters. The van der Waals surface area contributed by atoms with Gasteiger partial charge in [0.2, 0.25) is 0 Å². The zero-order valence-corrected chi connectivity index (χ0v) is 11.9. The highest BCUT2D eigenvalue weighted by molar-refractivity contribution is 5.91. The minimum atomic E-state index is -1.18. The maximum absolute atomic E-state index is 11.9. The third-order valence-electron chi connectivity index (χ3n) is 6.38. The summed E-state index contributed by atoms with van der Waals surface area (Å²) >= 11 is 0. The second-order valence-corrected chi connectivity index (χ2v) is 7.50. The molecule has 3 saturated heterocycles. The van der Waals surface area contributed by atoms with Gasteiger partial charge in [0, 0.05) is 12.0 Å². The van der Waals surface area contributed by atoms with E-state index in [0.29, 0.717) is 0 Å². The highest BCUT2D eigenvalue weighted by Gasteiger charge is 2.93. The lowest BCUT2D eigenvalue weighted by atomic mass is 9.74. The van der Waals surface area contributed by atoms with Crippen molar-refractivity contribution in [1.29, 1.82) is 0 Å². The summed E-state index contributed by atoms with van der Waals surface area (Å²) < 4.78 is 17.2. The molecule has 114 valence electrons. The Morgan fingerprint density at radius 2 is 2.00 bits per heavy atom. The number of aliphatic hydroxyl groups is 2. The molecule has 6 heteroatoms. The zero-order valence-electron chi connectivity index (χ0n) is 11.9. The van der Waals surface area contributed by atoms with Crippen molar-refractivity contribution in [2.75, 3.05) is 0 Å². The van der Waals surface area contributed by atoms with E-state index in [4.69, 9.17) is 14.2 Å². The molecule has 2 saturated carbocycles. The molecule has 5 fully saturated rings. The molecule has 0 aromatic rings. The first-order chi connectivity index (χ1) is 9.74. The van der Waals surface area contributed by atoms with E-state index < -0.39 is 40.9 Å². The summed E-state index contributed by atoms with van der Waals surface area (Å²) in [5, 5.41) is 21.5. The van der Waals surface area contributed by atoms with Gasteiger partial charge in [-0.1, -0.05) is 6.58 Å². The van der Waals surface area contributed by atoms with E-state index in [-0.39, 0.29) is 30.1 Å². The summed E-state index contributed by atoms with van der Waals surface area (Å²) in [6.07, 6.45) is -1.52. The third kappa shape index (κ3) is 1.10. The fraction of sp³-hybridized carbons (Fsp3) is 0.800. The summed E-state index contributed by atoms with van der Waals surface area (Å²) in [6.45, 7) is 7.44. The SMILES string of the molecule is C=C1C(=O)OC2C1C(O)CC(C)(O)C13OC1C1OC1(C)C23. The second-order valence-electron chi connectivity index (χ2n) is 7.50. The highest BCUT2D eigenvalue weighted by atomic mass is 16.7. The summed E-state index contributed by atoms with van der Waals surface area (Å²) in [5.41, 5.74) is -2.13. The van der Waals surface area contributed by atoms with E-state index in [9.17, 15) is 15.0 Å². The maximum Gasteiger partial charge on any atom is 0.334 e. The second kappa shape index (κ2) is 3.06. The minimum absolute atomic E-state index is 0.0579. The summed E-state index contributed by atoms with van der Waals surface area (Å²) in [4.78, 5) is 11.9. The van der Waals surface area contributed by atoms with Crippen molar-refractivity contribution < 1.29 is 29.2 Å². The zero-order chi connectivity index (χ0) is 14.9. The summed E-state index contributed by atoms with van der Waals surface area (Å²) in [5.74, 6) is -1.25. The van der Waals surface area contributed by atoms with Gasteiger partial charge in [-0.05, 0) is 13.8 Å². The quantitative estimate of drug-likeness (QED) is 0.356. The van der Waals surface area contributed by atoms with Crippen LogP contribution in [0.4, 0.5) is 0 Å². The van der Waals surface area contributed by atoms with E-state index in [1.807, 2.05) is 6.92 Å². The number of epoxide rings is 2. The Balaban J connectivity index is 1.69. The Labute approximate surface area is 121 Å². The van der Waals surface area contributed by atoms with Crippen LogP contribution in [0.15, 0.2) is 12.2 Å². The first kappa shape index (κ1) is 12.6. The van der Waals surface area contributed by atoms with E-state index in [2.05, 4.69) is 6.58 Å². The monoisotopic (exact) mass is 294 g/mol. The molecule has 9 atom stereocenters. The molecule has 1 spiro atoms. The van der Waals surface area contributed by atoms with Crippen molar-refractivity contribution in [3.63, 3.8) is 0 Å². The standard InChI is InChI=1S/C15H18O6/c1-5-7-6(16)4-13(2,18)15-9(8(7)19-12(5)17)14(3)10(20-14)11(15)21-15/h6-11,16,18H,1,4H2,2-3H3. The largest absolute Gasteiger partial charge is 0.458 e. The smallest absolute Gasteiger partial charge is 0.334 e. The van der Waals surface area contributed by atoms with Crippen molar-refractivity contribution >= 4 is 5.97 Å². The van der Waals surface area contributed by atoms with E-state index in [1.54, 1.807) is 6.92 Å². The fourth-order valence-corrected chi connectivity index (χ4v) is 5.36. The van der Waals surface area contributed by atoms with Gasteiger partial charge in [0.1, 0.15) is 29.5 Å². The number of carbonyl (C=O) groups excluding carboxylic acids is 1. The van der Waals surface area contributed by atoms with Gasteiger partial charge in [-0.15, -0.1) is 0 Å². The van der Waals surface area contributed by atoms with Crippen molar-refractivity contribution in [3.05, 3.63) is 12.2 Å². The minimum Gasteiger partial charge on any atom is -0.458 e. The molecule has 21 heavy (non-hydrogen) atoms. The van der Waals surface area contributed by atoms with Gasteiger partial charge in [-0.2, -0.15) is 0 Å². The van der Waals surface area contributed by atoms with Gasteiger partial charge in [0.25, 0.3) is 0 Å². The number of aliphatic hydroxyl groups excluding tert-OH is 1. The molecule has 5 aliphatic rings. The van der Waals surface area contributed by atoms with E-state index in [0.717, 1.165) is 0 Å². The van der Waals surface area contributed by atoms with Gasteiger partial charge in [-0.25, -0.2) is 4.79 Å². The number of fused-ring (bicyclic) bond motifs is 5. The van der Waals surface area contributed by atoms with Crippen LogP contribution >= 0.6 is 0 Å². The number of hydrogen-bond donors (Lipinski definition) is 2. The van der Waals surface area contributed by atoms with Crippen molar-refractivity contribution in [2.45, 2.75) is 61.5 Å². The number of rotatable bonds is 0. The number of hydrogen-bond acceptors (Lipinski definition) is 6. The highest BCUT2D eigenvalue weighted by Crippen LogP contribution is 2.75. The van der Waals surface area contributed by atoms with E-state index in [1.165, 1.54) is 0 Å². The molecule has 0 radical (unpaired) electrons. The van der Waals surface area contributed by atoms with Crippen LogP contribution < -0.4 is 0 Å². The normalized spacial score (nSPS) is 66.7. The number of carbonyl (C=O) groups is 1. The van der Waals surface area contributed by atoms with Gasteiger partial charge in [0.05, 0.1) is 23.5 Å². The number of esters is 1. The molecule has 6 nitrogen and oxygen atoms in total. The third-order valence-corrected chi connectivity index (χ3v) is 6.38. The summed E-state index contributed by atoms with van der Waals surface area (Å²) in [6, 6.07) is 0. The lowest BCUT2D eigenvalue weighted by Gasteiger charge is -2.36. The Kier molecular flexibility index (Phi) is 1.83. The Bertz CT molecular complexity index is 599. The molecule has 2 N–H and O–H groups in total. The van der Waals surface area contributed by atoms with Crippen molar-refractivity contribution in [2.24, 2.45) is 11.8 Å². The topological polar surface area (TPSA) is 91.8 Å². The predicted molar refractivity (Wildman–Crippen MR) is 68.1 cm³/mol. The van der Waals surface area contributed by atoms with Crippen LogP contribution in [0, 0.1) is 11.8 Å². The average molecular weight is 294 g/mol. The Morgan fingerprint density at radius 3 is 2.71 bits per heavy atom. The molecular formula is C15H18O6. The fourth-order valence-electron chi connectivity index (χ4n) is 5.36. The van der Waals surface area contributed by atoms with Crippen LogP contribution in [-0.4, -0.2) is 57.4 Å². The molecule has 2 aliphatic carbocycles. The lowest BCUT2D eigenvalue weighted by Crippen LogP contribution is -2.53. The van der Waals surface area contributed by atoms with Gasteiger partial charge < -0.3 is 24.4 Å². The molecule has 3 heterocycles. The Hall–Kier alpha value is -0.950. The van der Waals surface area contributed by atoms with Crippen LogP contribution in [0.3, 0.4) is 0 Å². The number of ether oxygens (including phenoxy) is 3. The van der Waals surface area contributed by atoms with Crippen LogP contribution in [0.25, 0.3) is 0 Å². The van der Waals surface area contributed by atoms with Gasteiger partial charge in [-0.3, -0.25) is 0 Å². The molecule has 0 aromatic carbocycles. The van der Waals surface area contributed by atoms with Crippen molar-refractivity contribution in [3.8, 4) is 0 Å². The predicted octanol–water partition coefficient (Wildman–Crippen LogP) is -0.475. The Morgan fingerprint density at radius 1 is 1.29 bits per heavy atom. The van der Waals surface area contributed by atoms with E-state index >= 15 is 0 Å².